The van der Waals surface area contributed by atoms with E-state index in [4.69, 9.17) is 4.74 Å². The molecule has 1 aromatic heterocycles. The van der Waals surface area contributed by atoms with E-state index in [0.29, 0.717) is 17.1 Å². The van der Waals surface area contributed by atoms with Crippen LogP contribution in [-0.4, -0.2) is 35.0 Å². The monoisotopic (exact) mass is 314 g/mol. The zero-order chi connectivity index (χ0) is 16.8. The van der Waals surface area contributed by atoms with Crippen molar-refractivity contribution in [2.75, 3.05) is 12.4 Å². The van der Waals surface area contributed by atoms with Crippen molar-refractivity contribution in [2.24, 2.45) is 0 Å². The van der Waals surface area contributed by atoms with Gasteiger partial charge in [-0.3, -0.25) is 4.79 Å². The fourth-order valence-electron chi connectivity index (χ4n) is 1.90. The molecule has 1 amide bonds. The van der Waals surface area contributed by atoms with Crippen LogP contribution in [0.4, 0.5) is 11.5 Å². The lowest BCUT2D eigenvalue weighted by Crippen LogP contribution is -2.30. The molecule has 120 valence electrons. The summed E-state index contributed by atoms with van der Waals surface area (Å²) >= 11 is 0. The number of benzene rings is 1. The van der Waals surface area contributed by atoms with Gasteiger partial charge in [-0.2, -0.15) is 0 Å². The van der Waals surface area contributed by atoms with Gasteiger partial charge in [0, 0.05) is 12.1 Å². The molecule has 0 aliphatic heterocycles. The Morgan fingerprint density at radius 3 is 2.61 bits per heavy atom. The van der Waals surface area contributed by atoms with Gasteiger partial charge in [-0.05, 0) is 26.0 Å². The van der Waals surface area contributed by atoms with Gasteiger partial charge in [0.25, 0.3) is 5.91 Å². The van der Waals surface area contributed by atoms with Gasteiger partial charge in [-0.25, -0.2) is 14.8 Å². The van der Waals surface area contributed by atoms with E-state index in [2.05, 4.69) is 20.6 Å². The first-order valence-corrected chi connectivity index (χ1v) is 7.08. The van der Waals surface area contributed by atoms with E-state index in [1.807, 2.05) is 13.8 Å². The zero-order valence-electron chi connectivity index (χ0n) is 13.2. The molecule has 0 saturated carbocycles. The molecule has 0 bridgehead atoms. The number of rotatable bonds is 5. The van der Waals surface area contributed by atoms with Gasteiger partial charge in [0.2, 0.25) is 0 Å². The number of esters is 1. The van der Waals surface area contributed by atoms with E-state index >= 15 is 0 Å². The number of carbonyl (C=O) groups excluding carboxylic acids is 2. The van der Waals surface area contributed by atoms with E-state index in [1.54, 1.807) is 24.3 Å². The average Bonchev–Trinajstić information content (AvgIpc) is 2.54. The Morgan fingerprint density at radius 1 is 1.17 bits per heavy atom. The average molecular weight is 314 g/mol. The Labute approximate surface area is 134 Å². The summed E-state index contributed by atoms with van der Waals surface area (Å²) in [6, 6.07) is 8.41. The molecule has 0 radical (unpaired) electrons. The summed E-state index contributed by atoms with van der Waals surface area (Å²) in [6.45, 7) is 3.73. The van der Waals surface area contributed by atoms with Crippen LogP contribution >= 0.6 is 0 Å². The van der Waals surface area contributed by atoms with Gasteiger partial charge in [0.05, 0.1) is 18.4 Å². The van der Waals surface area contributed by atoms with E-state index in [9.17, 15) is 9.59 Å². The number of nitrogens with zero attached hydrogens (tertiary/aromatic N) is 2. The molecule has 2 aromatic rings. The SMILES string of the molecule is COC(=O)c1ccccc1Nc1cc(C(=O)NC(C)C)ncn1. The molecule has 1 aromatic carbocycles. The predicted molar refractivity (Wildman–Crippen MR) is 85.7 cm³/mol. The number of anilines is 2. The van der Waals surface area contributed by atoms with Crippen molar-refractivity contribution >= 4 is 23.4 Å². The fourth-order valence-corrected chi connectivity index (χ4v) is 1.90. The van der Waals surface area contributed by atoms with E-state index in [0.717, 1.165) is 0 Å². The van der Waals surface area contributed by atoms with Crippen molar-refractivity contribution in [3.05, 3.63) is 47.9 Å². The highest BCUT2D eigenvalue weighted by Crippen LogP contribution is 2.20. The summed E-state index contributed by atoms with van der Waals surface area (Å²) in [7, 11) is 1.32. The molecule has 0 aliphatic rings. The number of hydrogen-bond donors (Lipinski definition) is 2. The third kappa shape index (κ3) is 4.26. The maximum Gasteiger partial charge on any atom is 0.339 e. The first-order chi connectivity index (χ1) is 11.0. The first kappa shape index (κ1) is 16.4. The largest absolute Gasteiger partial charge is 0.465 e. The van der Waals surface area contributed by atoms with E-state index < -0.39 is 5.97 Å². The molecule has 23 heavy (non-hydrogen) atoms. The van der Waals surface area contributed by atoms with Crippen molar-refractivity contribution in [1.29, 1.82) is 0 Å². The number of para-hydroxylation sites is 1. The smallest absolute Gasteiger partial charge is 0.339 e. The zero-order valence-corrected chi connectivity index (χ0v) is 13.2. The summed E-state index contributed by atoms with van der Waals surface area (Å²) in [6.07, 6.45) is 1.29. The number of methoxy groups -OCH3 is 1. The quantitative estimate of drug-likeness (QED) is 0.821. The van der Waals surface area contributed by atoms with Crippen LogP contribution in [0.5, 0.6) is 0 Å². The highest BCUT2D eigenvalue weighted by atomic mass is 16.5. The Kier molecular flexibility index (Phi) is 5.24. The van der Waals surface area contributed by atoms with Crippen LogP contribution in [-0.2, 0) is 4.74 Å². The topological polar surface area (TPSA) is 93.2 Å². The number of hydrogen-bond acceptors (Lipinski definition) is 6. The summed E-state index contributed by atoms with van der Waals surface area (Å²) < 4.78 is 4.74. The highest BCUT2D eigenvalue weighted by Gasteiger charge is 2.13. The molecule has 1 heterocycles. The Balaban J connectivity index is 2.25. The number of aromatic nitrogens is 2. The lowest BCUT2D eigenvalue weighted by Gasteiger charge is -2.11. The number of nitrogens with one attached hydrogen (secondary N) is 2. The molecule has 0 fully saturated rings. The molecule has 2 N–H and O–H groups in total. The summed E-state index contributed by atoms with van der Waals surface area (Å²) in [5.41, 5.74) is 1.15. The Bertz CT molecular complexity index is 716. The van der Waals surface area contributed by atoms with Crippen LogP contribution in [0.25, 0.3) is 0 Å². The summed E-state index contributed by atoms with van der Waals surface area (Å²) in [5, 5.41) is 5.76. The molecule has 0 unspecified atom stereocenters. The van der Waals surface area contributed by atoms with Gasteiger partial charge in [0.15, 0.2) is 0 Å². The number of amides is 1. The van der Waals surface area contributed by atoms with Crippen LogP contribution in [0.2, 0.25) is 0 Å². The number of carbonyl (C=O) groups is 2. The predicted octanol–water partition coefficient (Wildman–Crippen LogP) is 2.14. The van der Waals surface area contributed by atoms with E-state index in [-0.39, 0.29) is 17.6 Å². The van der Waals surface area contributed by atoms with Crippen molar-refractivity contribution < 1.29 is 14.3 Å². The van der Waals surface area contributed by atoms with Crippen molar-refractivity contribution in [2.45, 2.75) is 19.9 Å². The molecule has 0 spiro atoms. The molecular weight excluding hydrogens is 296 g/mol. The third-order valence-corrected chi connectivity index (χ3v) is 2.91. The second kappa shape index (κ2) is 7.35. The molecule has 7 heteroatoms. The molecule has 0 atom stereocenters. The number of ether oxygens (including phenoxy) is 1. The Hall–Kier alpha value is -2.96. The maximum atomic E-state index is 12.0. The minimum absolute atomic E-state index is 0.00826. The van der Waals surface area contributed by atoms with Gasteiger partial charge in [-0.15, -0.1) is 0 Å². The molecule has 0 aliphatic carbocycles. The van der Waals surface area contributed by atoms with Gasteiger partial charge in [0.1, 0.15) is 17.8 Å². The normalized spacial score (nSPS) is 10.3. The van der Waals surface area contributed by atoms with Gasteiger partial charge < -0.3 is 15.4 Å². The maximum absolute atomic E-state index is 12.0. The van der Waals surface area contributed by atoms with Crippen molar-refractivity contribution in [1.82, 2.24) is 15.3 Å². The second-order valence-electron chi connectivity index (χ2n) is 5.08. The first-order valence-electron chi connectivity index (χ1n) is 7.08. The van der Waals surface area contributed by atoms with Gasteiger partial charge >= 0.3 is 5.97 Å². The fraction of sp³-hybridized carbons (Fsp3) is 0.250. The second-order valence-corrected chi connectivity index (χ2v) is 5.08. The molecule has 7 nitrogen and oxygen atoms in total. The van der Waals surface area contributed by atoms with Crippen LogP contribution in [0.15, 0.2) is 36.7 Å². The summed E-state index contributed by atoms with van der Waals surface area (Å²) in [5.74, 6) is -0.336. The van der Waals surface area contributed by atoms with Crippen LogP contribution in [0, 0.1) is 0 Å². The van der Waals surface area contributed by atoms with Crippen LogP contribution in [0.1, 0.15) is 34.7 Å². The molecule has 2 rings (SSSR count). The Morgan fingerprint density at radius 2 is 1.91 bits per heavy atom. The summed E-state index contributed by atoms with van der Waals surface area (Å²) in [4.78, 5) is 31.8. The van der Waals surface area contributed by atoms with Crippen LogP contribution in [0.3, 0.4) is 0 Å². The third-order valence-electron chi connectivity index (χ3n) is 2.91. The van der Waals surface area contributed by atoms with Crippen molar-refractivity contribution in [3.8, 4) is 0 Å². The highest BCUT2D eigenvalue weighted by molar-refractivity contribution is 5.97. The standard InChI is InChI=1S/C16H18N4O3/c1-10(2)19-15(21)13-8-14(18-9-17-13)20-12-7-5-4-6-11(12)16(22)23-3/h4-10H,1-3H3,(H,19,21)(H,17,18,20). The van der Waals surface area contributed by atoms with E-state index in [1.165, 1.54) is 19.5 Å². The lowest BCUT2D eigenvalue weighted by molar-refractivity contribution is 0.0601. The molecule has 0 saturated heterocycles. The minimum Gasteiger partial charge on any atom is -0.465 e. The van der Waals surface area contributed by atoms with Crippen LogP contribution < -0.4 is 10.6 Å². The van der Waals surface area contributed by atoms with Crippen molar-refractivity contribution in [3.63, 3.8) is 0 Å². The van der Waals surface area contributed by atoms with Gasteiger partial charge in [-0.1, -0.05) is 12.1 Å². The minimum atomic E-state index is -0.458. The molecular formula is C16H18N4O3. The lowest BCUT2D eigenvalue weighted by atomic mass is 10.2.